The summed E-state index contributed by atoms with van der Waals surface area (Å²) in [4.78, 5) is 38.1. The molecule has 0 aromatic heterocycles. The number of nitrogens with zero attached hydrogens (tertiary/aromatic N) is 1. The highest BCUT2D eigenvalue weighted by Gasteiger charge is 2.27. The van der Waals surface area contributed by atoms with Gasteiger partial charge in [-0.3, -0.25) is 4.79 Å². The highest BCUT2D eigenvalue weighted by Crippen LogP contribution is 2.20. The molecule has 164 valence electrons. The highest BCUT2D eigenvalue weighted by molar-refractivity contribution is 6.00. The van der Waals surface area contributed by atoms with E-state index in [0.717, 1.165) is 0 Å². The van der Waals surface area contributed by atoms with Gasteiger partial charge in [0.05, 0.1) is 5.69 Å². The van der Waals surface area contributed by atoms with E-state index in [1.54, 1.807) is 35.2 Å². The standard InChI is InChI=1S/C22H26FN5O3/c1-2-24-20(29)15-11-13-28(14-12-15)22(31)26-17-9-7-16(8-10-17)25-21(30)27-19-6-4-3-5-18(19)23/h3-10,15H,2,11-14H2,1H3,(H,24,29)(H,26,31)(H2,25,27,30). The van der Waals surface area contributed by atoms with Gasteiger partial charge in [-0.25, -0.2) is 14.0 Å². The maximum Gasteiger partial charge on any atom is 0.323 e. The molecule has 5 amide bonds. The third-order valence-corrected chi connectivity index (χ3v) is 5.02. The van der Waals surface area contributed by atoms with Gasteiger partial charge in [0.15, 0.2) is 0 Å². The van der Waals surface area contributed by atoms with Crippen LogP contribution in [0.4, 0.5) is 31.0 Å². The van der Waals surface area contributed by atoms with Crippen LogP contribution in [-0.2, 0) is 4.79 Å². The van der Waals surface area contributed by atoms with Gasteiger partial charge < -0.3 is 26.2 Å². The van der Waals surface area contributed by atoms with Gasteiger partial charge in [-0.05, 0) is 56.2 Å². The number of carbonyl (C=O) groups excluding carboxylic acids is 3. The van der Waals surface area contributed by atoms with Crippen LogP contribution in [0.25, 0.3) is 0 Å². The van der Waals surface area contributed by atoms with Crippen molar-refractivity contribution in [2.45, 2.75) is 19.8 Å². The summed E-state index contributed by atoms with van der Waals surface area (Å²) in [5.74, 6) is -0.528. The molecule has 1 saturated heterocycles. The van der Waals surface area contributed by atoms with Crippen molar-refractivity contribution in [3.05, 3.63) is 54.3 Å². The van der Waals surface area contributed by atoms with Crippen LogP contribution in [0.5, 0.6) is 0 Å². The zero-order chi connectivity index (χ0) is 22.2. The van der Waals surface area contributed by atoms with E-state index >= 15 is 0 Å². The third-order valence-electron chi connectivity index (χ3n) is 5.02. The Morgan fingerprint density at radius 3 is 2.16 bits per heavy atom. The maximum absolute atomic E-state index is 13.6. The van der Waals surface area contributed by atoms with E-state index in [9.17, 15) is 18.8 Å². The van der Waals surface area contributed by atoms with Gasteiger partial charge in [0.1, 0.15) is 5.82 Å². The van der Waals surface area contributed by atoms with Crippen LogP contribution in [0.2, 0.25) is 0 Å². The minimum atomic E-state index is -0.572. The quantitative estimate of drug-likeness (QED) is 0.583. The number of para-hydroxylation sites is 1. The molecule has 0 saturated carbocycles. The van der Waals surface area contributed by atoms with Gasteiger partial charge in [-0.1, -0.05) is 12.1 Å². The van der Waals surface area contributed by atoms with E-state index in [0.29, 0.717) is 43.9 Å². The Kier molecular flexibility index (Phi) is 7.42. The van der Waals surface area contributed by atoms with Crippen molar-refractivity contribution >= 4 is 35.0 Å². The number of likely N-dealkylation sites (tertiary alicyclic amines) is 1. The minimum Gasteiger partial charge on any atom is -0.356 e. The molecule has 3 rings (SSSR count). The number of amides is 5. The smallest absolute Gasteiger partial charge is 0.323 e. The van der Waals surface area contributed by atoms with Crippen LogP contribution in [0, 0.1) is 11.7 Å². The van der Waals surface area contributed by atoms with E-state index in [4.69, 9.17) is 0 Å². The van der Waals surface area contributed by atoms with E-state index < -0.39 is 11.8 Å². The summed E-state index contributed by atoms with van der Waals surface area (Å²) in [6, 6.07) is 11.7. The fourth-order valence-corrected chi connectivity index (χ4v) is 3.35. The molecule has 1 fully saturated rings. The molecule has 0 bridgehead atoms. The number of nitrogens with one attached hydrogen (secondary N) is 4. The lowest BCUT2D eigenvalue weighted by molar-refractivity contribution is -0.126. The number of hydrogen-bond donors (Lipinski definition) is 4. The zero-order valence-corrected chi connectivity index (χ0v) is 17.3. The number of halogens is 1. The number of hydrogen-bond acceptors (Lipinski definition) is 3. The molecule has 1 aliphatic rings. The second kappa shape index (κ2) is 10.4. The van der Waals surface area contributed by atoms with E-state index in [2.05, 4.69) is 21.3 Å². The summed E-state index contributed by atoms with van der Waals surface area (Å²) >= 11 is 0. The first-order valence-electron chi connectivity index (χ1n) is 10.2. The van der Waals surface area contributed by atoms with E-state index in [1.165, 1.54) is 18.2 Å². The Morgan fingerprint density at radius 2 is 1.55 bits per heavy atom. The molecule has 2 aromatic rings. The summed E-state index contributed by atoms with van der Waals surface area (Å²) in [5.41, 5.74) is 1.16. The first-order valence-corrected chi connectivity index (χ1v) is 10.2. The Morgan fingerprint density at radius 1 is 0.935 bits per heavy atom. The van der Waals surface area contributed by atoms with Gasteiger partial charge in [-0.15, -0.1) is 0 Å². The van der Waals surface area contributed by atoms with Crippen molar-refractivity contribution in [1.82, 2.24) is 10.2 Å². The number of urea groups is 2. The van der Waals surface area contributed by atoms with Crippen LogP contribution in [0.1, 0.15) is 19.8 Å². The van der Waals surface area contributed by atoms with E-state index in [1.807, 2.05) is 6.92 Å². The largest absolute Gasteiger partial charge is 0.356 e. The molecule has 8 nitrogen and oxygen atoms in total. The van der Waals surface area contributed by atoms with Crippen molar-refractivity contribution in [3.8, 4) is 0 Å². The molecule has 0 atom stereocenters. The normalized spacial score (nSPS) is 13.9. The molecule has 0 spiro atoms. The second-order valence-electron chi connectivity index (χ2n) is 7.22. The number of rotatable bonds is 5. The van der Waals surface area contributed by atoms with Gasteiger partial charge in [-0.2, -0.15) is 0 Å². The zero-order valence-electron chi connectivity index (χ0n) is 17.3. The van der Waals surface area contributed by atoms with Crippen molar-refractivity contribution in [1.29, 1.82) is 0 Å². The molecule has 4 N–H and O–H groups in total. The Balaban J connectivity index is 1.47. The molecular weight excluding hydrogens is 401 g/mol. The van der Waals surface area contributed by atoms with Crippen molar-refractivity contribution in [2.24, 2.45) is 5.92 Å². The molecular formula is C22H26FN5O3. The summed E-state index contributed by atoms with van der Waals surface area (Å²) in [5, 5.41) is 10.7. The van der Waals surface area contributed by atoms with Gasteiger partial charge in [0.25, 0.3) is 0 Å². The summed E-state index contributed by atoms with van der Waals surface area (Å²) < 4.78 is 13.6. The number of piperidine rings is 1. The van der Waals surface area contributed by atoms with Crippen molar-refractivity contribution < 1.29 is 18.8 Å². The molecule has 0 aliphatic carbocycles. The lowest BCUT2D eigenvalue weighted by Gasteiger charge is -2.31. The van der Waals surface area contributed by atoms with Crippen LogP contribution in [-0.4, -0.2) is 42.5 Å². The fraction of sp³-hybridized carbons (Fsp3) is 0.318. The van der Waals surface area contributed by atoms with Crippen molar-refractivity contribution in [2.75, 3.05) is 35.6 Å². The lowest BCUT2D eigenvalue weighted by Crippen LogP contribution is -2.44. The topological polar surface area (TPSA) is 103 Å². The number of carbonyl (C=O) groups is 3. The predicted octanol–water partition coefficient (Wildman–Crippen LogP) is 3.85. The van der Waals surface area contributed by atoms with Gasteiger partial charge in [0.2, 0.25) is 5.91 Å². The monoisotopic (exact) mass is 427 g/mol. The highest BCUT2D eigenvalue weighted by atomic mass is 19.1. The summed E-state index contributed by atoms with van der Waals surface area (Å²) in [6.07, 6.45) is 1.28. The molecule has 9 heteroatoms. The Labute approximate surface area is 180 Å². The number of benzene rings is 2. The Hall–Kier alpha value is -3.62. The van der Waals surface area contributed by atoms with Gasteiger partial charge >= 0.3 is 12.1 Å². The lowest BCUT2D eigenvalue weighted by atomic mass is 9.96. The van der Waals surface area contributed by atoms with Crippen LogP contribution < -0.4 is 21.3 Å². The fourth-order valence-electron chi connectivity index (χ4n) is 3.35. The molecule has 0 unspecified atom stereocenters. The first-order chi connectivity index (χ1) is 15.0. The Bertz CT molecular complexity index is 927. The SMILES string of the molecule is CCNC(=O)C1CCN(C(=O)Nc2ccc(NC(=O)Nc3ccccc3F)cc2)CC1. The average molecular weight is 427 g/mol. The van der Waals surface area contributed by atoms with Gasteiger partial charge in [0, 0.05) is 36.9 Å². The number of anilines is 3. The van der Waals surface area contributed by atoms with E-state index in [-0.39, 0.29) is 23.5 Å². The summed E-state index contributed by atoms with van der Waals surface area (Å²) in [6.45, 7) is 3.53. The first kappa shape index (κ1) is 22.1. The molecule has 1 heterocycles. The molecule has 1 aliphatic heterocycles. The second-order valence-corrected chi connectivity index (χ2v) is 7.22. The van der Waals surface area contributed by atoms with Crippen molar-refractivity contribution in [3.63, 3.8) is 0 Å². The molecule has 31 heavy (non-hydrogen) atoms. The van der Waals surface area contributed by atoms with Crippen LogP contribution >= 0.6 is 0 Å². The minimum absolute atomic E-state index is 0.0460. The summed E-state index contributed by atoms with van der Waals surface area (Å²) in [7, 11) is 0. The van der Waals surface area contributed by atoms with Crippen LogP contribution in [0.3, 0.4) is 0 Å². The maximum atomic E-state index is 13.6. The van der Waals surface area contributed by atoms with Crippen LogP contribution in [0.15, 0.2) is 48.5 Å². The average Bonchev–Trinajstić information content (AvgIpc) is 2.77. The third kappa shape index (κ3) is 6.18. The molecule has 2 aromatic carbocycles. The predicted molar refractivity (Wildman–Crippen MR) is 117 cm³/mol. The molecule has 0 radical (unpaired) electrons.